The molecule has 4 aromatic rings. The molecule has 12 nitrogen and oxygen atoms in total. The first kappa shape index (κ1) is 50.1. The van der Waals surface area contributed by atoms with Gasteiger partial charge >= 0.3 is 19.7 Å². The van der Waals surface area contributed by atoms with Crippen LogP contribution in [-0.2, 0) is 23.7 Å². The molecule has 3 amide bonds. The van der Waals surface area contributed by atoms with E-state index in [2.05, 4.69) is 22.5 Å². The average molecular weight is 1010 g/mol. The number of benzene rings is 3. The molecule has 8 atom stereocenters. The topological polar surface area (TPSA) is 138 Å². The number of ether oxygens (including phenoxy) is 1. The average Bonchev–Trinajstić information content (AvgIpc) is 3.58. The highest BCUT2D eigenvalue weighted by Crippen LogP contribution is 2.58. The standard InChI is InChI=1S/C52H62F4N5O7PS/c1-31(2)30-67-50(65)32(3)58-69(66,68-41-13-9-6-10-14-41)46(53)34-15-20-44-35(23-34)24-45(70-44)47(62)57-42-18-16-38(59(4)40-25-37(26-40)52(54,55)56)27-39-17-19-43(61(39)48(42)63)49(64)60-29-36(28-51(60)21-22-51)33-11-7-5-8-12-33/h5-15,20,23-24,31-32,36-40,42-43,46H,16-19,21-22,25-30H2,1-4H3,(H,57,62)(H,58,66)/t32-,36+,37?,38-,39+,40?,42-,43-,46+,69+/m0/s1. The van der Waals surface area contributed by atoms with Gasteiger partial charge in [-0.1, -0.05) is 68.4 Å². The maximum absolute atomic E-state index is 16.8. The lowest BCUT2D eigenvalue weighted by Crippen LogP contribution is -2.60. The maximum Gasteiger partial charge on any atom is 0.391 e. The van der Waals surface area contributed by atoms with Crippen molar-refractivity contribution in [3.05, 3.63) is 101 Å². The zero-order valence-electron chi connectivity index (χ0n) is 39.9. The minimum Gasteiger partial charge on any atom is -0.464 e. The number of nitrogens with zero attached hydrogens (tertiary/aromatic N) is 3. The molecule has 5 fully saturated rings. The van der Waals surface area contributed by atoms with Crippen LogP contribution < -0.4 is 14.9 Å². The van der Waals surface area contributed by atoms with Crippen LogP contribution in [0.4, 0.5) is 17.6 Å². The first-order valence-corrected chi connectivity index (χ1v) is 27.1. The molecule has 9 rings (SSSR count). The highest BCUT2D eigenvalue weighted by molar-refractivity contribution is 7.57. The number of fused-ring (bicyclic) bond motifs is 2. The summed E-state index contributed by atoms with van der Waals surface area (Å²) in [4.78, 5) is 62.9. The molecule has 2 saturated carbocycles. The van der Waals surface area contributed by atoms with Crippen LogP contribution in [0.5, 0.6) is 5.75 Å². The third-order valence-corrected chi connectivity index (χ3v) is 18.5. The number of carbonyl (C=O) groups excluding carboxylic acids is 4. The fraction of sp³-hybridized carbons (Fsp3) is 0.538. The van der Waals surface area contributed by atoms with Crippen LogP contribution >= 0.6 is 18.9 Å². The van der Waals surface area contributed by atoms with E-state index in [4.69, 9.17) is 9.26 Å². The molecule has 0 bridgehead atoms. The van der Waals surface area contributed by atoms with Crippen molar-refractivity contribution in [2.75, 3.05) is 20.2 Å². The van der Waals surface area contributed by atoms with Crippen LogP contribution in [0.2, 0.25) is 0 Å². The largest absolute Gasteiger partial charge is 0.464 e. The molecule has 1 aromatic heterocycles. The van der Waals surface area contributed by atoms with E-state index in [1.165, 1.54) is 36.8 Å². The van der Waals surface area contributed by atoms with Crippen molar-refractivity contribution in [2.24, 2.45) is 11.8 Å². The summed E-state index contributed by atoms with van der Waals surface area (Å²) >= 11 is 1.13. The van der Waals surface area contributed by atoms with Crippen molar-refractivity contribution in [1.82, 2.24) is 25.1 Å². The van der Waals surface area contributed by atoms with Crippen molar-refractivity contribution >= 4 is 52.6 Å². The number of halogens is 4. The number of amides is 3. The van der Waals surface area contributed by atoms with Gasteiger partial charge in [-0.05, 0) is 131 Å². The van der Waals surface area contributed by atoms with Gasteiger partial charge in [0.15, 0.2) is 0 Å². The number of hydrogen-bond donors (Lipinski definition) is 2. The molecule has 0 radical (unpaired) electrons. The molecular formula is C52H62F4N5O7PS. The Kier molecular flexibility index (Phi) is 14.3. The molecule has 376 valence electrons. The van der Waals surface area contributed by atoms with E-state index in [9.17, 15) is 36.9 Å². The van der Waals surface area contributed by atoms with Crippen LogP contribution in [-0.4, -0.2) is 107 Å². The van der Waals surface area contributed by atoms with Gasteiger partial charge in [-0.3, -0.25) is 23.7 Å². The number of para-hydroxylation sites is 1. The molecule has 5 aliphatic rings. The van der Waals surface area contributed by atoms with Crippen molar-refractivity contribution in [1.29, 1.82) is 0 Å². The fourth-order valence-corrected chi connectivity index (χ4v) is 14.0. The van der Waals surface area contributed by atoms with E-state index in [-0.39, 0.29) is 89.4 Å². The Hall–Kier alpha value is -4.83. The van der Waals surface area contributed by atoms with Gasteiger partial charge in [0.1, 0.15) is 23.9 Å². The quantitative estimate of drug-likeness (QED) is 0.0677. The lowest BCUT2D eigenvalue weighted by molar-refractivity contribution is -0.207. The van der Waals surface area contributed by atoms with E-state index in [0.29, 0.717) is 42.3 Å². The third-order valence-electron chi connectivity index (χ3n) is 15.3. The number of hydrogen-bond acceptors (Lipinski definition) is 9. The molecule has 2 aliphatic carbocycles. The van der Waals surface area contributed by atoms with Gasteiger partial charge in [0.25, 0.3) is 5.91 Å². The van der Waals surface area contributed by atoms with Crippen LogP contribution in [0.1, 0.15) is 118 Å². The van der Waals surface area contributed by atoms with E-state index < -0.39 is 55.5 Å². The first-order valence-electron chi connectivity index (χ1n) is 24.6. The summed E-state index contributed by atoms with van der Waals surface area (Å²) in [5, 5.41) is 6.05. The van der Waals surface area contributed by atoms with Crippen molar-refractivity contribution in [3.63, 3.8) is 0 Å². The van der Waals surface area contributed by atoms with E-state index in [0.717, 1.165) is 30.6 Å². The van der Waals surface area contributed by atoms with Crippen LogP contribution in [0.3, 0.4) is 0 Å². The Bertz CT molecular complexity index is 2610. The number of likely N-dealkylation sites (tertiary alicyclic amines) is 1. The monoisotopic (exact) mass is 1010 g/mol. The molecule has 2 N–H and O–H groups in total. The van der Waals surface area contributed by atoms with Gasteiger partial charge in [-0.2, -0.15) is 13.2 Å². The molecule has 3 saturated heterocycles. The second kappa shape index (κ2) is 20.0. The summed E-state index contributed by atoms with van der Waals surface area (Å²) in [6, 6.07) is 20.5. The highest BCUT2D eigenvalue weighted by Gasteiger charge is 2.59. The lowest BCUT2D eigenvalue weighted by Gasteiger charge is -2.47. The summed E-state index contributed by atoms with van der Waals surface area (Å²) in [7, 11) is -2.68. The number of esters is 1. The van der Waals surface area contributed by atoms with Gasteiger partial charge in [-0.15, -0.1) is 11.3 Å². The zero-order chi connectivity index (χ0) is 49.7. The SMILES string of the molecule is CC(C)COC(=O)[C@H](C)N[P@](=O)(Oc1ccccc1)[C@@H](F)c1ccc2sc(C(=O)N[C@H]3CC[C@H](N(C)C4CC(C(F)(F)F)C4)C[C@H]4CC[C@@H](C(=O)N5C[C@H](c6ccccc6)CC56CC6)N4C3=O)cc2c1. The van der Waals surface area contributed by atoms with Gasteiger partial charge < -0.3 is 29.3 Å². The molecular weight excluding hydrogens is 946 g/mol. The summed E-state index contributed by atoms with van der Waals surface area (Å²) in [5.74, 6) is -4.99. The van der Waals surface area contributed by atoms with Crippen molar-refractivity contribution < 1.29 is 50.6 Å². The molecule has 1 spiro atoms. The fourth-order valence-electron chi connectivity index (χ4n) is 11.1. The summed E-state index contributed by atoms with van der Waals surface area (Å²) in [6.45, 7) is 5.83. The third kappa shape index (κ3) is 10.4. The second-order valence-electron chi connectivity index (χ2n) is 20.6. The van der Waals surface area contributed by atoms with Gasteiger partial charge in [0.2, 0.25) is 17.7 Å². The molecule has 0 unspecified atom stereocenters. The number of alkyl halides is 4. The number of carbonyl (C=O) groups is 4. The van der Waals surface area contributed by atoms with Crippen molar-refractivity contribution in [3.8, 4) is 5.75 Å². The van der Waals surface area contributed by atoms with Crippen LogP contribution in [0.25, 0.3) is 10.1 Å². The minimum absolute atomic E-state index is 0.00181. The van der Waals surface area contributed by atoms with Gasteiger partial charge in [-0.25, -0.2) is 9.48 Å². The predicted octanol–water partition coefficient (Wildman–Crippen LogP) is 10.2. The minimum atomic E-state index is -4.53. The Balaban J connectivity index is 0.953. The number of nitrogens with one attached hydrogen (secondary N) is 2. The highest BCUT2D eigenvalue weighted by atomic mass is 32.1. The smallest absolute Gasteiger partial charge is 0.391 e. The lowest BCUT2D eigenvalue weighted by atomic mass is 9.77. The molecule has 18 heteroatoms. The van der Waals surface area contributed by atoms with Crippen molar-refractivity contribution in [2.45, 2.75) is 145 Å². The number of rotatable bonds is 15. The van der Waals surface area contributed by atoms with Gasteiger partial charge in [0.05, 0.1) is 17.4 Å². The van der Waals surface area contributed by atoms with Gasteiger partial charge in [0, 0.05) is 40.8 Å². The summed E-state index contributed by atoms with van der Waals surface area (Å²) in [6.07, 6.45) is 0.544. The molecule has 4 heterocycles. The summed E-state index contributed by atoms with van der Waals surface area (Å²) < 4.78 is 83.9. The van der Waals surface area contributed by atoms with E-state index in [1.54, 1.807) is 35.2 Å². The number of thiophene rings is 1. The molecule has 70 heavy (non-hydrogen) atoms. The van der Waals surface area contributed by atoms with Crippen LogP contribution in [0.15, 0.2) is 84.9 Å². The maximum atomic E-state index is 16.8. The summed E-state index contributed by atoms with van der Waals surface area (Å²) in [5.41, 5.74) is 0.902. The predicted molar refractivity (Wildman–Crippen MR) is 259 cm³/mol. The second-order valence-corrected chi connectivity index (χ2v) is 23.8. The Labute approximate surface area is 410 Å². The Morgan fingerprint density at radius 2 is 1.61 bits per heavy atom. The Morgan fingerprint density at radius 1 is 0.914 bits per heavy atom. The molecule has 3 aliphatic heterocycles. The van der Waals surface area contributed by atoms with Crippen LogP contribution in [0, 0.1) is 11.8 Å². The van der Waals surface area contributed by atoms with E-state index in [1.807, 2.05) is 48.9 Å². The first-order chi connectivity index (χ1) is 33.3. The zero-order valence-corrected chi connectivity index (χ0v) is 41.6. The Morgan fingerprint density at radius 3 is 2.29 bits per heavy atom. The molecule has 3 aromatic carbocycles. The normalized spacial score (nSPS) is 27.1. The van der Waals surface area contributed by atoms with E-state index >= 15 is 4.39 Å².